The molecule has 14 heteroatoms. The fourth-order valence-electron chi connectivity index (χ4n) is 2.76. The molecule has 1 aromatic heterocycles. The second-order valence-corrected chi connectivity index (χ2v) is 10.4. The second-order valence-electron chi connectivity index (χ2n) is 6.64. The SMILES string of the molecule is CCOCCP(=O)(O)OC[C@H]1O[C@@H](n2cc(C)c(=O)[nH]c2=O)C[C@H]1OP(C)(=O)O. The van der Waals surface area contributed by atoms with Crippen molar-refractivity contribution in [1.29, 1.82) is 0 Å². The maximum Gasteiger partial charge on any atom is 0.330 e. The molecule has 29 heavy (non-hydrogen) atoms. The maximum atomic E-state index is 12.1. The Bertz CT molecular complexity index is 907. The third-order valence-electron chi connectivity index (χ3n) is 4.13. The van der Waals surface area contributed by atoms with Gasteiger partial charge in [-0.3, -0.25) is 23.5 Å². The smallest absolute Gasteiger partial charge is 0.330 e. The van der Waals surface area contributed by atoms with Crippen molar-refractivity contribution in [1.82, 2.24) is 9.55 Å². The number of nitrogens with zero attached hydrogens (tertiary/aromatic N) is 1. The second kappa shape index (κ2) is 9.80. The van der Waals surface area contributed by atoms with Crippen LogP contribution < -0.4 is 11.2 Å². The zero-order valence-electron chi connectivity index (χ0n) is 16.3. The first kappa shape index (κ1) is 24.2. The number of H-pyrrole nitrogens is 1. The Morgan fingerprint density at radius 1 is 1.34 bits per heavy atom. The lowest BCUT2D eigenvalue weighted by Gasteiger charge is -2.21. The van der Waals surface area contributed by atoms with Gasteiger partial charge in [0.15, 0.2) is 0 Å². The summed E-state index contributed by atoms with van der Waals surface area (Å²) in [5.41, 5.74) is -0.996. The zero-order valence-corrected chi connectivity index (χ0v) is 18.1. The molecule has 1 aliphatic rings. The lowest BCUT2D eigenvalue weighted by molar-refractivity contribution is -0.0397. The molecule has 2 heterocycles. The van der Waals surface area contributed by atoms with Crippen LogP contribution in [-0.4, -0.2) is 64.2 Å². The number of hydrogen-bond donors (Lipinski definition) is 3. The standard InChI is InChI=1S/C15H26N2O10P2/c1-4-24-5-6-29(22,23)25-9-12-11(27-28(3,20)21)7-13(26-12)17-8-10(2)14(18)16-15(17)19/h8,11-13H,4-7,9H2,1-3H3,(H,20,21)(H,22,23)(H,16,18,19)/t11-,12-,13-/m1/s1. The molecule has 1 fully saturated rings. The van der Waals surface area contributed by atoms with Crippen molar-refractivity contribution < 1.29 is 37.4 Å². The molecule has 0 bridgehead atoms. The van der Waals surface area contributed by atoms with E-state index in [1.165, 1.54) is 13.1 Å². The average Bonchev–Trinajstić information content (AvgIpc) is 2.97. The molecule has 0 aromatic carbocycles. The van der Waals surface area contributed by atoms with Crippen molar-refractivity contribution in [2.24, 2.45) is 0 Å². The van der Waals surface area contributed by atoms with Crippen molar-refractivity contribution >= 4 is 15.2 Å². The summed E-state index contributed by atoms with van der Waals surface area (Å²) in [6.45, 7) is 4.26. The number of ether oxygens (including phenoxy) is 2. The van der Waals surface area contributed by atoms with Crippen LogP contribution in [0, 0.1) is 6.92 Å². The quantitative estimate of drug-likeness (QED) is 0.335. The Kier molecular flexibility index (Phi) is 8.17. The van der Waals surface area contributed by atoms with E-state index in [1.807, 2.05) is 0 Å². The lowest BCUT2D eigenvalue weighted by Crippen LogP contribution is -2.33. The van der Waals surface area contributed by atoms with E-state index in [0.29, 0.717) is 6.61 Å². The highest BCUT2D eigenvalue weighted by molar-refractivity contribution is 7.52. The van der Waals surface area contributed by atoms with Gasteiger partial charge in [0.1, 0.15) is 12.3 Å². The Morgan fingerprint density at radius 3 is 2.66 bits per heavy atom. The van der Waals surface area contributed by atoms with Crippen LogP contribution in [-0.2, 0) is 27.7 Å². The molecule has 0 aliphatic carbocycles. The van der Waals surface area contributed by atoms with Gasteiger partial charge in [0.2, 0.25) is 0 Å². The minimum absolute atomic E-state index is 0.00746. The van der Waals surface area contributed by atoms with Gasteiger partial charge in [-0.25, -0.2) is 4.79 Å². The summed E-state index contributed by atoms with van der Waals surface area (Å²) >= 11 is 0. The zero-order chi connectivity index (χ0) is 21.8. The molecule has 1 saturated heterocycles. The highest BCUT2D eigenvalue weighted by atomic mass is 31.2. The predicted octanol–water partition coefficient (Wildman–Crippen LogP) is 0.571. The van der Waals surface area contributed by atoms with Crippen LogP contribution in [0.2, 0.25) is 0 Å². The summed E-state index contributed by atoms with van der Waals surface area (Å²) in [5, 5.41) is 0. The third-order valence-corrected chi connectivity index (χ3v) is 6.09. The summed E-state index contributed by atoms with van der Waals surface area (Å²) in [6, 6.07) is 0. The van der Waals surface area contributed by atoms with Gasteiger partial charge in [-0.1, -0.05) is 0 Å². The maximum absolute atomic E-state index is 12.1. The molecule has 5 atom stereocenters. The summed E-state index contributed by atoms with van der Waals surface area (Å²) in [7, 11) is -7.89. The van der Waals surface area contributed by atoms with E-state index in [4.69, 9.17) is 18.5 Å². The lowest BCUT2D eigenvalue weighted by atomic mass is 10.2. The average molecular weight is 456 g/mol. The van der Waals surface area contributed by atoms with Gasteiger partial charge in [-0.15, -0.1) is 0 Å². The van der Waals surface area contributed by atoms with Crippen LogP contribution in [0.1, 0.15) is 25.1 Å². The normalized spacial score (nSPS) is 26.2. The van der Waals surface area contributed by atoms with Crippen molar-refractivity contribution in [3.63, 3.8) is 0 Å². The molecule has 0 spiro atoms. The molecule has 2 unspecified atom stereocenters. The van der Waals surface area contributed by atoms with Gasteiger partial charge in [0.25, 0.3) is 5.56 Å². The van der Waals surface area contributed by atoms with Crippen LogP contribution >= 0.6 is 15.2 Å². The fourth-order valence-corrected chi connectivity index (χ4v) is 4.36. The van der Waals surface area contributed by atoms with Gasteiger partial charge in [0, 0.05) is 31.5 Å². The largest absolute Gasteiger partial charge is 0.381 e. The predicted molar refractivity (Wildman–Crippen MR) is 102 cm³/mol. The Labute approximate surface area is 166 Å². The highest BCUT2D eigenvalue weighted by Crippen LogP contribution is 2.46. The molecule has 2 rings (SSSR count). The van der Waals surface area contributed by atoms with Crippen LogP contribution in [0.4, 0.5) is 0 Å². The third kappa shape index (κ3) is 7.27. The summed E-state index contributed by atoms with van der Waals surface area (Å²) < 4.78 is 45.9. The minimum atomic E-state index is -3.98. The van der Waals surface area contributed by atoms with Crippen LogP contribution in [0.5, 0.6) is 0 Å². The van der Waals surface area contributed by atoms with Crippen LogP contribution in [0.3, 0.4) is 0 Å². The Balaban J connectivity index is 2.15. The first-order valence-corrected chi connectivity index (χ1v) is 12.7. The number of hydrogen-bond acceptors (Lipinski definition) is 8. The minimum Gasteiger partial charge on any atom is -0.381 e. The van der Waals surface area contributed by atoms with Gasteiger partial charge in [0.05, 0.1) is 25.5 Å². The van der Waals surface area contributed by atoms with Crippen molar-refractivity contribution in [3.05, 3.63) is 32.6 Å². The summed E-state index contributed by atoms with van der Waals surface area (Å²) in [4.78, 5) is 45.2. The topological polar surface area (TPSA) is 166 Å². The summed E-state index contributed by atoms with van der Waals surface area (Å²) in [6.07, 6.45) is -1.83. The van der Waals surface area contributed by atoms with Crippen molar-refractivity contribution in [2.45, 2.75) is 38.7 Å². The van der Waals surface area contributed by atoms with E-state index in [1.54, 1.807) is 6.92 Å². The highest BCUT2D eigenvalue weighted by Gasteiger charge is 2.41. The van der Waals surface area contributed by atoms with Gasteiger partial charge < -0.3 is 28.3 Å². The van der Waals surface area contributed by atoms with Crippen LogP contribution in [0.15, 0.2) is 15.8 Å². The number of aromatic nitrogens is 2. The molecular formula is C15H26N2O10P2. The van der Waals surface area contributed by atoms with E-state index >= 15 is 0 Å². The molecule has 166 valence electrons. The van der Waals surface area contributed by atoms with Gasteiger partial charge in [-0.2, -0.15) is 0 Å². The van der Waals surface area contributed by atoms with Crippen molar-refractivity contribution in [2.75, 3.05) is 32.6 Å². The number of aryl methyl sites for hydroxylation is 1. The van der Waals surface area contributed by atoms with Gasteiger partial charge in [-0.05, 0) is 13.8 Å². The number of aromatic amines is 1. The Morgan fingerprint density at radius 2 is 2.03 bits per heavy atom. The first-order valence-electron chi connectivity index (χ1n) is 8.92. The molecule has 12 nitrogen and oxygen atoms in total. The van der Waals surface area contributed by atoms with Crippen molar-refractivity contribution in [3.8, 4) is 0 Å². The Hall–Kier alpha value is -1.10. The van der Waals surface area contributed by atoms with Crippen LogP contribution in [0.25, 0.3) is 0 Å². The molecule has 1 aromatic rings. The van der Waals surface area contributed by atoms with E-state index in [-0.39, 0.29) is 24.8 Å². The van der Waals surface area contributed by atoms with E-state index in [9.17, 15) is 28.5 Å². The molecule has 0 saturated carbocycles. The monoisotopic (exact) mass is 456 g/mol. The molecule has 0 amide bonds. The van der Waals surface area contributed by atoms with Gasteiger partial charge >= 0.3 is 20.9 Å². The molecule has 0 radical (unpaired) electrons. The number of rotatable bonds is 10. The first-order chi connectivity index (χ1) is 13.4. The molecule has 1 aliphatic heterocycles. The van der Waals surface area contributed by atoms with E-state index in [2.05, 4.69) is 4.98 Å². The summed E-state index contributed by atoms with van der Waals surface area (Å²) in [5.74, 6) is 0. The van der Waals surface area contributed by atoms with E-state index in [0.717, 1.165) is 11.2 Å². The number of nitrogens with one attached hydrogen (secondary N) is 1. The molecular weight excluding hydrogens is 430 g/mol. The fraction of sp³-hybridized carbons (Fsp3) is 0.733. The molecule has 3 N–H and O–H groups in total. The van der Waals surface area contributed by atoms with E-state index < -0.39 is 51.5 Å².